The van der Waals surface area contributed by atoms with Crippen LogP contribution in [0.25, 0.3) is 0 Å². The van der Waals surface area contributed by atoms with E-state index in [-0.39, 0.29) is 12.0 Å². The van der Waals surface area contributed by atoms with Crippen LogP contribution in [0, 0.1) is 5.92 Å². The van der Waals surface area contributed by atoms with E-state index in [4.69, 9.17) is 21.1 Å². The summed E-state index contributed by atoms with van der Waals surface area (Å²) in [5.41, 5.74) is 0.993. The quantitative estimate of drug-likeness (QED) is 0.930. The zero-order valence-corrected chi connectivity index (χ0v) is 12.9. The Hall–Kier alpha value is -1.78. The molecule has 0 aliphatic carbocycles. The Bertz CT molecular complexity index is 633. The number of piperidine rings is 1. The molecule has 1 aromatic heterocycles. The summed E-state index contributed by atoms with van der Waals surface area (Å²) in [6, 6.07) is 11.5. The molecular formula is C17H18ClNO3. The minimum Gasteiger partial charge on any atom is -0.481 e. The molecule has 1 unspecified atom stereocenters. The summed E-state index contributed by atoms with van der Waals surface area (Å²) in [6.07, 6.45) is 2.96. The average molecular weight is 320 g/mol. The minimum absolute atomic E-state index is 0.0709. The number of benzene rings is 1. The molecule has 1 saturated heterocycles. The van der Waals surface area contributed by atoms with Gasteiger partial charge in [-0.1, -0.05) is 29.8 Å². The number of furan rings is 1. The molecule has 22 heavy (non-hydrogen) atoms. The van der Waals surface area contributed by atoms with Gasteiger partial charge in [-0.15, -0.1) is 0 Å². The van der Waals surface area contributed by atoms with Gasteiger partial charge in [-0.2, -0.15) is 0 Å². The molecule has 1 aliphatic heterocycles. The molecule has 3 rings (SSSR count). The van der Waals surface area contributed by atoms with Crippen LogP contribution in [0.5, 0.6) is 0 Å². The first-order valence-corrected chi connectivity index (χ1v) is 7.79. The van der Waals surface area contributed by atoms with Gasteiger partial charge in [-0.3, -0.25) is 9.69 Å². The largest absolute Gasteiger partial charge is 0.481 e. The lowest BCUT2D eigenvalue weighted by atomic mass is 9.93. The molecule has 0 bridgehead atoms. The normalized spacial score (nSPS) is 18.2. The highest BCUT2D eigenvalue weighted by Gasteiger charge is 2.32. The van der Waals surface area contributed by atoms with Crippen LogP contribution in [-0.4, -0.2) is 29.1 Å². The fraction of sp³-hybridized carbons (Fsp3) is 0.353. The monoisotopic (exact) mass is 319 g/mol. The number of aliphatic carboxylic acids is 1. The van der Waals surface area contributed by atoms with Crippen molar-refractivity contribution in [3.63, 3.8) is 0 Å². The predicted molar refractivity (Wildman–Crippen MR) is 83.9 cm³/mol. The molecule has 1 atom stereocenters. The lowest BCUT2D eigenvalue weighted by Crippen LogP contribution is -2.39. The molecule has 1 aromatic carbocycles. The molecule has 116 valence electrons. The van der Waals surface area contributed by atoms with Gasteiger partial charge >= 0.3 is 5.97 Å². The maximum atomic E-state index is 11.1. The number of carbonyl (C=O) groups is 1. The van der Waals surface area contributed by atoms with Crippen molar-refractivity contribution in [1.82, 2.24) is 4.90 Å². The topological polar surface area (TPSA) is 53.7 Å². The third kappa shape index (κ3) is 3.03. The summed E-state index contributed by atoms with van der Waals surface area (Å²) in [7, 11) is 0. The van der Waals surface area contributed by atoms with E-state index in [1.54, 1.807) is 6.26 Å². The smallest absolute Gasteiger partial charge is 0.306 e. The number of carboxylic acids is 1. The van der Waals surface area contributed by atoms with Crippen LogP contribution in [0.15, 0.2) is 47.1 Å². The molecule has 5 heteroatoms. The zero-order chi connectivity index (χ0) is 15.5. The summed E-state index contributed by atoms with van der Waals surface area (Å²) < 4.78 is 5.62. The molecule has 0 amide bonds. The third-order valence-electron chi connectivity index (χ3n) is 4.26. The Labute approximate surface area is 134 Å². The van der Waals surface area contributed by atoms with Gasteiger partial charge < -0.3 is 9.52 Å². The Kier molecular flexibility index (Phi) is 4.50. The summed E-state index contributed by atoms with van der Waals surface area (Å²) >= 11 is 6.37. The van der Waals surface area contributed by atoms with Gasteiger partial charge in [0.1, 0.15) is 5.76 Å². The Morgan fingerprint density at radius 3 is 2.55 bits per heavy atom. The van der Waals surface area contributed by atoms with E-state index in [0.29, 0.717) is 31.0 Å². The Balaban J connectivity index is 1.88. The summed E-state index contributed by atoms with van der Waals surface area (Å²) in [5.74, 6) is -0.117. The van der Waals surface area contributed by atoms with E-state index in [1.165, 1.54) is 0 Å². The van der Waals surface area contributed by atoms with Crippen LogP contribution in [0.2, 0.25) is 5.02 Å². The Morgan fingerprint density at radius 1 is 1.23 bits per heavy atom. The molecule has 2 aromatic rings. The van der Waals surface area contributed by atoms with E-state index in [9.17, 15) is 4.79 Å². The SMILES string of the molecule is O=C(O)C1CCN(C(c2ccco2)c2ccccc2Cl)CC1. The first-order chi connectivity index (χ1) is 10.7. The van der Waals surface area contributed by atoms with E-state index in [0.717, 1.165) is 11.3 Å². The minimum atomic E-state index is -0.702. The van der Waals surface area contributed by atoms with Crippen molar-refractivity contribution in [2.45, 2.75) is 18.9 Å². The van der Waals surface area contributed by atoms with Crippen molar-refractivity contribution in [2.24, 2.45) is 5.92 Å². The third-order valence-corrected chi connectivity index (χ3v) is 4.60. The molecular weight excluding hydrogens is 302 g/mol. The molecule has 1 N–H and O–H groups in total. The second kappa shape index (κ2) is 6.55. The molecule has 0 radical (unpaired) electrons. The van der Waals surface area contributed by atoms with E-state index in [2.05, 4.69) is 4.90 Å². The van der Waals surface area contributed by atoms with Gasteiger partial charge in [0.05, 0.1) is 18.2 Å². The molecule has 2 heterocycles. The summed E-state index contributed by atoms with van der Waals surface area (Å²) in [4.78, 5) is 13.4. The highest BCUT2D eigenvalue weighted by atomic mass is 35.5. The van der Waals surface area contributed by atoms with Crippen molar-refractivity contribution in [2.75, 3.05) is 13.1 Å². The first-order valence-electron chi connectivity index (χ1n) is 7.41. The Morgan fingerprint density at radius 2 is 1.95 bits per heavy atom. The standard InChI is InChI=1S/C17H18ClNO3/c18-14-5-2-1-4-13(14)16(15-6-3-11-22-15)19-9-7-12(8-10-19)17(20)21/h1-6,11-12,16H,7-10H2,(H,20,21). The fourth-order valence-electron chi connectivity index (χ4n) is 3.08. The number of halogens is 1. The lowest BCUT2D eigenvalue weighted by Gasteiger charge is -2.36. The maximum Gasteiger partial charge on any atom is 0.306 e. The van der Waals surface area contributed by atoms with Gasteiger partial charge in [0, 0.05) is 5.02 Å². The number of nitrogens with zero attached hydrogens (tertiary/aromatic N) is 1. The summed E-state index contributed by atoms with van der Waals surface area (Å²) in [6.45, 7) is 1.43. The maximum absolute atomic E-state index is 11.1. The second-order valence-electron chi connectivity index (χ2n) is 5.59. The number of rotatable bonds is 4. The van der Waals surface area contributed by atoms with Gasteiger partial charge in [-0.25, -0.2) is 0 Å². The van der Waals surface area contributed by atoms with Crippen LogP contribution in [-0.2, 0) is 4.79 Å². The van der Waals surface area contributed by atoms with Crippen LogP contribution in [0.1, 0.15) is 30.2 Å². The second-order valence-corrected chi connectivity index (χ2v) is 6.00. The fourth-order valence-corrected chi connectivity index (χ4v) is 3.32. The van der Waals surface area contributed by atoms with Gasteiger partial charge in [0.2, 0.25) is 0 Å². The van der Waals surface area contributed by atoms with Gasteiger partial charge in [0.15, 0.2) is 0 Å². The van der Waals surface area contributed by atoms with Crippen molar-refractivity contribution >= 4 is 17.6 Å². The molecule has 0 spiro atoms. The van der Waals surface area contributed by atoms with Crippen LogP contribution >= 0.6 is 11.6 Å². The average Bonchev–Trinajstić information content (AvgIpc) is 3.04. The van der Waals surface area contributed by atoms with E-state index in [1.807, 2.05) is 36.4 Å². The van der Waals surface area contributed by atoms with Gasteiger partial charge in [-0.05, 0) is 49.7 Å². The number of hydrogen-bond donors (Lipinski definition) is 1. The van der Waals surface area contributed by atoms with Crippen molar-refractivity contribution < 1.29 is 14.3 Å². The lowest BCUT2D eigenvalue weighted by molar-refractivity contribution is -0.143. The van der Waals surface area contributed by atoms with Crippen LogP contribution in [0.4, 0.5) is 0 Å². The molecule has 1 aliphatic rings. The van der Waals surface area contributed by atoms with Crippen molar-refractivity contribution in [3.05, 3.63) is 59.0 Å². The zero-order valence-electron chi connectivity index (χ0n) is 12.1. The van der Waals surface area contributed by atoms with Gasteiger partial charge in [0.25, 0.3) is 0 Å². The van der Waals surface area contributed by atoms with E-state index < -0.39 is 5.97 Å². The predicted octanol–water partition coefficient (Wildman–Crippen LogP) is 3.82. The number of hydrogen-bond acceptors (Lipinski definition) is 3. The summed E-state index contributed by atoms with van der Waals surface area (Å²) in [5, 5.41) is 9.85. The first kappa shape index (κ1) is 15.1. The van der Waals surface area contributed by atoms with Crippen molar-refractivity contribution in [3.8, 4) is 0 Å². The van der Waals surface area contributed by atoms with Crippen LogP contribution in [0.3, 0.4) is 0 Å². The van der Waals surface area contributed by atoms with E-state index >= 15 is 0 Å². The van der Waals surface area contributed by atoms with Crippen molar-refractivity contribution in [1.29, 1.82) is 0 Å². The molecule has 0 saturated carbocycles. The highest BCUT2D eigenvalue weighted by molar-refractivity contribution is 6.31. The number of likely N-dealkylation sites (tertiary alicyclic amines) is 1. The number of carboxylic acid groups (broad SMARTS) is 1. The molecule has 1 fully saturated rings. The highest BCUT2D eigenvalue weighted by Crippen LogP contribution is 2.35. The molecule has 4 nitrogen and oxygen atoms in total. The van der Waals surface area contributed by atoms with Crippen LogP contribution < -0.4 is 0 Å².